The second-order valence-electron chi connectivity index (χ2n) is 3.88. The molecule has 4 heteroatoms. The van der Waals surface area contributed by atoms with Crippen LogP contribution in [0.4, 0.5) is 0 Å². The van der Waals surface area contributed by atoms with Gasteiger partial charge in [0.25, 0.3) is 0 Å². The van der Waals surface area contributed by atoms with Gasteiger partial charge >= 0.3 is 0 Å². The Morgan fingerprint density at radius 3 is 2.75 bits per heavy atom. The van der Waals surface area contributed by atoms with Gasteiger partial charge in [-0.2, -0.15) is 0 Å². The Kier molecular flexibility index (Phi) is 5.10. The molecule has 0 bridgehead atoms. The summed E-state index contributed by atoms with van der Waals surface area (Å²) < 4.78 is 0. The van der Waals surface area contributed by atoms with Crippen LogP contribution < -0.4 is 0 Å². The molecule has 1 rings (SSSR count). The molecule has 1 aromatic rings. The first kappa shape index (κ1) is 13.3. The smallest absolute Gasteiger partial charge is 0.226 e. The average Bonchev–Trinajstić information content (AvgIpc) is 2.27. The maximum absolute atomic E-state index is 11.8. The minimum absolute atomic E-state index is 0.0509. The number of hydrogen-bond acceptors (Lipinski definition) is 1. The molecular weight excluding hydrogens is 245 g/mol. The highest BCUT2D eigenvalue weighted by Crippen LogP contribution is 2.13. The zero-order valence-electron chi connectivity index (χ0n) is 9.41. The minimum atomic E-state index is -0.147. The van der Waals surface area contributed by atoms with Crippen LogP contribution in [0.5, 0.6) is 0 Å². The second-order valence-corrected chi connectivity index (χ2v) is 4.62. The fourth-order valence-electron chi connectivity index (χ4n) is 1.43. The van der Waals surface area contributed by atoms with Crippen molar-refractivity contribution in [3.63, 3.8) is 0 Å². The molecule has 0 aliphatic rings. The SMILES string of the molecule is CC(CCl)C(=O)N(C)Cc1cccc(Cl)c1. The highest BCUT2D eigenvalue weighted by atomic mass is 35.5. The van der Waals surface area contributed by atoms with Crippen molar-refractivity contribution in [3.05, 3.63) is 34.9 Å². The average molecular weight is 260 g/mol. The van der Waals surface area contributed by atoms with Crippen LogP contribution >= 0.6 is 23.2 Å². The summed E-state index contributed by atoms with van der Waals surface area (Å²) in [5, 5.41) is 0.684. The molecule has 0 saturated heterocycles. The first-order valence-electron chi connectivity index (χ1n) is 5.10. The number of alkyl halides is 1. The van der Waals surface area contributed by atoms with E-state index in [4.69, 9.17) is 23.2 Å². The topological polar surface area (TPSA) is 20.3 Å². The Bertz CT molecular complexity index is 368. The van der Waals surface area contributed by atoms with Gasteiger partial charge in [0, 0.05) is 30.4 Å². The van der Waals surface area contributed by atoms with Crippen molar-refractivity contribution < 1.29 is 4.79 Å². The van der Waals surface area contributed by atoms with Crippen LogP contribution in [-0.4, -0.2) is 23.7 Å². The van der Waals surface area contributed by atoms with Gasteiger partial charge in [0.05, 0.1) is 0 Å². The molecule has 0 N–H and O–H groups in total. The van der Waals surface area contributed by atoms with Crippen molar-refractivity contribution in [2.24, 2.45) is 5.92 Å². The summed E-state index contributed by atoms with van der Waals surface area (Å²) in [5.74, 6) is 0.249. The van der Waals surface area contributed by atoms with Crippen molar-refractivity contribution in [3.8, 4) is 0 Å². The van der Waals surface area contributed by atoms with Crippen molar-refractivity contribution in [2.45, 2.75) is 13.5 Å². The highest BCUT2D eigenvalue weighted by Gasteiger charge is 2.16. The van der Waals surface area contributed by atoms with Crippen LogP contribution in [0.2, 0.25) is 5.02 Å². The maximum atomic E-state index is 11.8. The quantitative estimate of drug-likeness (QED) is 0.761. The van der Waals surface area contributed by atoms with Crippen molar-refractivity contribution in [1.82, 2.24) is 4.90 Å². The lowest BCUT2D eigenvalue weighted by Crippen LogP contribution is -2.31. The Hall–Kier alpha value is -0.730. The predicted molar refractivity (Wildman–Crippen MR) is 67.8 cm³/mol. The zero-order chi connectivity index (χ0) is 12.1. The van der Waals surface area contributed by atoms with Crippen molar-refractivity contribution in [1.29, 1.82) is 0 Å². The molecule has 0 aliphatic heterocycles. The number of carbonyl (C=O) groups excluding carboxylic acids is 1. The van der Waals surface area contributed by atoms with Gasteiger partial charge < -0.3 is 4.90 Å². The first-order chi connectivity index (χ1) is 7.54. The molecule has 0 radical (unpaired) electrons. The summed E-state index contributed by atoms with van der Waals surface area (Å²) in [6.07, 6.45) is 0. The summed E-state index contributed by atoms with van der Waals surface area (Å²) in [6.45, 7) is 2.38. The molecule has 0 spiro atoms. The lowest BCUT2D eigenvalue weighted by atomic mass is 10.1. The number of hydrogen-bond donors (Lipinski definition) is 0. The Labute approximate surface area is 106 Å². The number of nitrogens with zero attached hydrogens (tertiary/aromatic N) is 1. The van der Waals surface area contributed by atoms with E-state index in [0.29, 0.717) is 17.4 Å². The maximum Gasteiger partial charge on any atom is 0.226 e. The van der Waals surface area contributed by atoms with Crippen LogP contribution in [0.3, 0.4) is 0 Å². The number of rotatable bonds is 4. The fraction of sp³-hybridized carbons (Fsp3) is 0.417. The van der Waals surface area contributed by atoms with Gasteiger partial charge in [0.15, 0.2) is 0 Å². The lowest BCUT2D eigenvalue weighted by Gasteiger charge is -2.20. The zero-order valence-corrected chi connectivity index (χ0v) is 10.9. The van der Waals surface area contributed by atoms with E-state index in [2.05, 4.69) is 0 Å². The van der Waals surface area contributed by atoms with E-state index in [0.717, 1.165) is 5.56 Å². The van der Waals surface area contributed by atoms with Crippen molar-refractivity contribution in [2.75, 3.05) is 12.9 Å². The van der Waals surface area contributed by atoms with E-state index in [-0.39, 0.29) is 11.8 Å². The molecule has 0 aliphatic carbocycles. The van der Waals surface area contributed by atoms with E-state index < -0.39 is 0 Å². The second kappa shape index (κ2) is 6.12. The largest absolute Gasteiger partial charge is 0.341 e. The summed E-state index contributed by atoms with van der Waals surface area (Å²) in [5.41, 5.74) is 1.02. The van der Waals surface area contributed by atoms with E-state index in [1.54, 1.807) is 11.9 Å². The Morgan fingerprint density at radius 1 is 1.50 bits per heavy atom. The summed E-state index contributed by atoms with van der Waals surface area (Å²) in [7, 11) is 1.77. The van der Waals surface area contributed by atoms with Crippen LogP contribution in [-0.2, 0) is 11.3 Å². The van der Waals surface area contributed by atoms with Gasteiger partial charge in [-0.1, -0.05) is 30.7 Å². The lowest BCUT2D eigenvalue weighted by molar-refractivity contribution is -0.133. The third kappa shape index (κ3) is 3.69. The normalized spacial score (nSPS) is 12.2. The molecule has 0 heterocycles. The van der Waals surface area contributed by atoms with Crippen LogP contribution in [0.1, 0.15) is 12.5 Å². The summed E-state index contributed by atoms with van der Waals surface area (Å²) >= 11 is 11.5. The molecule has 16 heavy (non-hydrogen) atoms. The number of halogens is 2. The van der Waals surface area contributed by atoms with Crippen LogP contribution in [0.25, 0.3) is 0 Å². The molecule has 1 aromatic carbocycles. The number of benzene rings is 1. The van der Waals surface area contributed by atoms with Gasteiger partial charge in [0.2, 0.25) is 5.91 Å². The van der Waals surface area contributed by atoms with Crippen LogP contribution in [0.15, 0.2) is 24.3 Å². The predicted octanol–water partition coefficient (Wildman–Crippen LogP) is 3.17. The monoisotopic (exact) mass is 259 g/mol. The van der Waals surface area contributed by atoms with E-state index in [1.165, 1.54) is 0 Å². The third-order valence-electron chi connectivity index (χ3n) is 2.34. The number of carbonyl (C=O) groups is 1. The number of amides is 1. The molecule has 88 valence electrons. The first-order valence-corrected chi connectivity index (χ1v) is 6.01. The minimum Gasteiger partial charge on any atom is -0.341 e. The van der Waals surface area contributed by atoms with E-state index in [9.17, 15) is 4.79 Å². The molecular formula is C12H15Cl2NO. The van der Waals surface area contributed by atoms with Gasteiger partial charge in [-0.25, -0.2) is 0 Å². The Balaban J connectivity index is 2.64. The fourth-order valence-corrected chi connectivity index (χ4v) is 1.77. The molecule has 2 nitrogen and oxygen atoms in total. The molecule has 0 aromatic heterocycles. The highest BCUT2D eigenvalue weighted by molar-refractivity contribution is 6.30. The Morgan fingerprint density at radius 2 is 2.19 bits per heavy atom. The molecule has 1 atom stereocenters. The van der Waals surface area contributed by atoms with Gasteiger partial charge in [-0.15, -0.1) is 11.6 Å². The molecule has 1 unspecified atom stereocenters. The van der Waals surface area contributed by atoms with Crippen molar-refractivity contribution >= 4 is 29.1 Å². The molecule has 1 amide bonds. The van der Waals surface area contributed by atoms with Crippen LogP contribution in [0, 0.1) is 5.92 Å². The van der Waals surface area contributed by atoms with E-state index >= 15 is 0 Å². The van der Waals surface area contributed by atoms with Gasteiger partial charge in [-0.3, -0.25) is 4.79 Å². The van der Waals surface area contributed by atoms with Gasteiger partial charge in [0.1, 0.15) is 0 Å². The summed E-state index contributed by atoms with van der Waals surface area (Å²) in [6, 6.07) is 7.49. The standard InChI is InChI=1S/C12H15Cl2NO/c1-9(7-13)12(16)15(2)8-10-4-3-5-11(14)6-10/h3-6,9H,7-8H2,1-2H3. The molecule has 0 fully saturated rings. The molecule has 0 saturated carbocycles. The summed E-state index contributed by atoms with van der Waals surface area (Å²) in [4.78, 5) is 13.4. The third-order valence-corrected chi connectivity index (χ3v) is 3.04. The van der Waals surface area contributed by atoms with E-state index in [1.807, 2.05) is 31.2 Å². The van der Waals surface area contributed by atoms with Gasteiger partial charge in [-0.05, 0) is 17.7 Å².